The van der Waals surface area contributed by atoms with Crippen LogP contribution in [0.1, 0.15) is 48.6 Å². The molecule has 6 rings (SSSR count). The van der Waals surface area contributed by atoms with Gasteiger partial charge in [-0.2, -0.15) is 0 Å². The van der Waals surface area contributed by atoms with Gasteiger partial charge >= 0.3 is 11.9 Å². The van der Waals surface area contributed by atoms with E-state index in [1.807, 2.05) is 24.3 Å². The van der Waals surface area contributed by atoms with Gasteiger partial charge in [-0.15, -0.1) is 0 Å². The Morgan fingerprint density at radius 1 is 0.765 bits per heavy atom. The zero-order valence-corrected chi connectivity index (χ0v) is 29.0. The molecule has 10 heteroatoms. The van der Waals surface area contributed by atoms with Gasteiger partial charge in [0.15, 0.2) is 0 Å². The Labute approximate surface area is 297 Å². The van der Waals surface area contributed by atoms with Crippen LogP contribution in [0.5, 0.6) is 0 Å². The van der Waals surface area contributed by atoms with Crippen LogP contribution in [0.4, 0.5) is 11.4 Å². The monoisotopic (exact) mass is 686 g/mol. The van der Waals surface area contributed by atoms with E-state index < -0.39 is 22.3 Å². The first-order valence-electron chi connectivity index (χ1n) is 17.1. The molecule has 0 saturated carbocycles. The highest BCUT2D eigenvalue weighted by Crippen LogP contribution is 2.50. The number of rotatable bonds is 11. The highest BCUT2D eigenvalue weighted by molar-refractivity contribution is 6.00. The number of aryl methyl sites for hydroxylation is 1. The average Bonchev–Trinajstić information content (AvgIpc) is 3.14. The smallest absolute Gasteiger partial charge is 0.334 e. The molecule has 0 aromatic heterocycles. The summed E-state index contributed by atoms with van der Waals surface area (Å²) in [6, 6.07) is 35.1. The third-order valence-corrected chi connectivity index (χ3v) is 10.6. The van der Waals surface area contributed by atoms with E-state index in [2.05, 4.69) is 70.5 Å². The Hall–Kier alpha value is -5.74. The lowest BCUT2D eigenvalue weighted by molar-refractivity contribution is -0.385. The number of non-ortho nitro benzene ring substituents is 1. The van der Waals surface area contributed by atoms with Crippen molar-refractivity contribution in [2.75, 3.05) is 38.1 Å². The van der Waals surface area contributed by atoms with Gasteiger partial charge in [0.1, 0.15) is 0 Å². The molecule has 0 unspecified atom stereocenters. The van der Waals surface area contributed by atoms with Crippen LogP contribution >= 0.6 is 0 Å². The number of carboxylic acid groups (broad SMARTS) is 2. The predicted octanol–water partition coefficient (Wildman–Crippen LogP) is 7.04. The summed E-state index contributed by atoms with van der Waals surface area (Å²) < 4.78 is 0. The average molecular weight is 687 g/mol. The molecule has 0 aliphatic carbocycles. The Kier molecular flexibility index (Phi) is 10.1. The van der Waals surface area contributed by atoms with Crippen LogP contribution in [0.2, 0.25) is 0 Å². The summed E-state index contributed by atoms with van der Waals surface area (Å²) in [4.78, 5) is 43.7. The Balaban J connectivity index is 1.26. The number of carbonyl (C=O) groups is 2. The van der Waals surface area contributed by atoms with E-state index >= 15 is 0 Å². The second-order valence-electron chi connectivity index (χ2n) is 13.2. The maximum absolute atomic E-state index is 13.0. The second-order valence-corrected chi connectivity index (χ2v) is 13.2. The Morgan fingerprint density at radius 2 is 1.29 bits per heavy atom. The van der Waals surface area contributed by atoms with Gasteiger partial charge in [-0.1, -0.05) is 84.9 Å². The van der Waals surface area contributed by atoms with E-state index in [0.29, 0.717) is 17.8 Å². The summed E-state index contributed by atoms with van der Waals surface area (Å²) in [7, 11) is 1.63. The van der Waals surface area contributed by atoms with Crippen molar-refractivity contribution < 1.29 is 24.7 Å². The van der Waals surface area contributed by atoms with E-state index in [1.165, 1.54) is 29.3 Å². The zero-order chi connectivity index (χ0) is 36.3. The molecule has 262 valence electrons. The largest absolute Gasteiger partial charge is 0.478 e. The van der Waals surface area contributed by atoms with Crippen LogP contribution in [0, 0.1) is 10.1 Å². The van der Waals surface area contributed by atoms with E-state index in [0.717, 1.165) is 37.4 Å². The summed E-state index contributed by atoms with van der Waals surface area (Å²) in [5.74, 6) is -2.54. The Bertz CT molecular complexity index is 1910. The summed E-state index contributed by atoms with van der Waals surface area (Å²) >= 11 is 0. The molecule has 2 aliphatic heterocycles. The number of allylic oxidation sites excluding steroid dienone is 2. The number of nitro groups is 1. The summed E-state index contributed by atoms with van der Waals surface area (Å²) in [6.45, 7) is 6.74. The van der Waals surface area contributed by atoms with Crippen molar-refractivity contribution in [3.8, 4) is 0 Å². The molecule has 1 fully saturated rings. The number of aliphatic carboxylic acids is 2. The molecule has 10 nitrogen and oxygen atoms in total. The fraction of sp³-hybridized carbons (Fsp3) is 0.268. The van der Waals surface area contributed by atoms with Gasteiger partial charge in [-0.05, 0) is 61.1 Å². The van der Waals surface area contributed by atoms with Crippen LogP contribution < -0.4 is 4.90 Å². The first-order valence-corrected chi connectivity index (χ1v) is 17.1. The number of anilines is 1. The SMILES string of the molecule is CC1=C(C(=O)O)C(CCc2ccc(N3CCN(C(c4ccccc4)c4ccccc4)CC3)cc2)(c2cccc([N+](=O)[O-])c2)C(C(=O)O)=C(C)N1C. The molecule has 0 atom stereocenters. The molecule has 4 aromatic rings. The van der Waals surface area contributed by atoms with Crippen LogP contribution in [-0.2, 0) is 21.4 Å². The summed E-state index contributed by atoms with van der Waals surface area (Å²) in [5.41, 5.74) is 3.44. The number of hydrogen-bond acceptors (Lipinski definition) is 7. The normalized spacial score (nSPS) is 16.5. The van der Waals surface area contributed by atoms with Crippen molar-refractivity contribution in [3.63, 3.8) is 0 Å². The van der Waals surface area contributed by atoms with Gasteiger partial charge in [0.25, 0.3) is 5.69 Å². The van der Waals surface area contributed by atoms with Crippen molar-refractivity contribution in [1.29, 1.82) is 0 Å². The lowest BCUT2D eigenvalue weighted by Crippen LogP contribution is -2.48. The lowest BCUT2D eigenvalue weighted by Gasteiger charge is -2.44. The maximum atomic E-state index is 13.0. The minimum atomic E-state index is -1.65. The van der Waals surface area contributed by atoms with Crippen molar-refractivity contribution >= 4 is 23.3 Å². The number of carboxylic acids is 2. The molecule has 4 aromatic carbocycles. The van der Waals surface area contributed by atoms with Crippen molar-refractivity contribution in [1.82, 2.24) is 9.80 Å². The first-order chi connectivity index (χ1) is 24.5. The second kappa shape index (κ2) is 14.6. The number of nitrogens with zero attached hydrogens (tertiary/aromatic N) is 4. The van der Waals surface area contributed by atoms with Crippen LogP contribution in [0.25, 0.3) is 0 Å². The van der Waals surface area contributed by atoms with Crippen LogP contribution in [0.3, 0.4) is 0 Å². The fourth-order valence-corrected chi connectivity index (χ4v) is 7.90. The van der Waals surface area contributed by atoms with Crippen LogP contribution in [-0.4, -0.2) is 70.1 Å². The fourth-order valence-electron chi connectivity index (χ4n) is 7.90. The quantitative estimate of drug-likeness (QED) is 0.126. The molecule has 1 saturated heterocycles. The van der Waals surface area contributed by atoms with Gasteiger partial charge in [0, 0.05) is 62.4 Å². The molecule has 0 bridgehead atoms. The number of hydrogen-bond donors (Lipinski definition) is 2. The minimum Gasteiger partial charge on any atom is -0.478 e. The van der Waals surface area contributed by atoms with E-state index in [-0.39, 0.29) is 34.9 Å². The molecule has 51 heavy (non-hydrogen) atoms. The zero-order valence-electron chi connectivity index (χ0n) is 29.0. The first kappa shape index (κ1) is 35.1. The van der Waals surface area contributed by atoms with Gasteiger partial charge in [0.2, 0.25) is 0 Å². The molecule has 2 aliphatic rings. The molecular weight excluding hydrogens is 644 g/mol. The molecule has 0 radical (unpaired) electrons. The van der Waals surface area contributed by atoms with Crippen molar-refractivity contribution in [3.05, 3.63) is 164 Å². The number of benzene rings is 4. The molecule has 2 N–H and O–H groups in total. The summed E-state index contributed by atoms with van der Waals surface area (Å²) in [6.07, 6.45) is 0.419. The lowest BCUT2D eigenvalue weighted by atomic mass is 9.62. The highest BCUT2D eigenvalue weighted by atomic mass is 16.6. The topological polar surface area (TPSA) is 127 Å². The van der Waals surface area contributed by atoms with Crippen molar-refractivity contribution in [2.45, 2.75) is 38.1 Å². The van der Waals surface area contributed by atoms with E-state index in [9.17, 15) is 29.9 Å². The summed E-state index contributed by atoms with van der Waals surface area (Å²) in [5, 5.41) is 33.0. The third kappa shape index (κ3) is 6.74. The number of piperazine rings is 1. The predicted molar refractivity (Wildman–Crippen MR) is 196 cm³/mol. The minimum absolute atomic E-state index is 0.0817. The van der Waals surface area contributed by atoms with Gasteiger partial charge in [0.05, 0.1) is 27.5 Å². The molecule has 2 heterocycles. The van der Waals surface area contributed by atoms with Gasteiger partial charge in [-0.3, -0.25) is 15.0 Å². The van der Waals surface area contributed by atoms with Gasteiger partial charge < -0.3 is 20.0 Å². The third-order valence-electron chi connectivity index (χ3n) is 10.6. The maximum Gasteiger partial charge on any atom is 0.334 e. The Morgan fingerprint density at radius 3 is 1.78 bits per heavy atom. The number of nitro benzene ring substituents is 1. The van der Waals surface area contributed by atoms with Gasteiger partial charge in [-0.25, -0.2) is 9.59 Å². The van der Waals surface area contributed by atoms with Crippen LogP contribution in [0.15, 0.2) is 132 Å². The molecule has 0 amide bonds. The molecule has 0 spiro atoms. The molecular formula is C41H42N4O6. The van der Waals surface area contributed by atoms with E-state index in [4.69, 9.17) is 0 Å². The van der Waals surface area contributed by atoms with Crippen molar-refractivity contribution in [2.24, 2.45) is 0 Å². The standard InChI is InChI=1S/C41H42N4O6/c1-28-36(39(46)47)41(37(40(48)49)29(2)42(28)3,33-15-10-16-35(27-33)45(50)51)22-21-30-17-19-34(20-18-30)43-23-25-44(26-24-43)38(31-11-6-4-7-12-31)32-13-8-5-9-14-32/h4-20,27,38H,21-26H2,1-3H3,(H,46,47)(H,48,49). The van der Waals surface area contributed by atoms with E-state index in [1.54, 1.807) is 31.9 Å². The highest BCUT2D eigenvalue weighted by Gasteiger charge is 2.51.